The maximum atomic E-state index is 12.7. The number of hydrogen-bond acceptors (Lipinski definition) is 2. The Balaban J connectivity index is 1.59. The van der Waals surface area contributed by atoms with E-state index in [0.717, 1.165) is 17.8 Å². The largest absolute Gasteiger partial charge is 0.416 e. The normalized spacial score (nSPS) is 15.4. The molecule has 27 heavy (non-hydrogen) atoms. The highest BCUT2D eigenvalue weighted by Crippen LogP contribution is 2.29. The number of hydrogen-bond donors (Lipinski definition) is 0. The minimum atomic E-state index is -4.40. The average molecular weight is 395 g/mol. The summed E-state index contributed by atoms with van der Waals surface area (Å²) in [6.07, 6.45) is -1.66. The topological polar surface area (TPSA) is 23.6 Å². The summed E-state index contributed by atoms with van der Waals surface area (Å²) < 4.78 is 38.2. The lowest BCUT2D eigenvalue weighted by Crippen LogP contribution is -2.48. The van der Waals surface area contributed by atoms with Crippen molar-refractivity contribution in [3.63, 3.8) is 0 Å². The number of halogens is 4. The van der Waals surface area contributed by atoms with E-state index in [0.29, 0.717) is 36.8 Å². The molecule has 0 spiro atoms. The molecule has 1 aliphatic rings. The van der Waals surface area contributed by atoms with Crippen LogP contribution in [0, 0.1) is 0 Å². The SMILES string of the molecule is O=C(/C=C/c1cccc(C(F)(F)F)c1)N1CCN(c2cccc(Cl)c2)CC1. The smallest absolute Gasteiger partial charge is 0.368 e. The van der Waals surface area contributed by atoms with Crippen LogP contribution in [0.25, 0.3) is 6.08 Å². The van der Waals surface area contributed by atoms with E-state index in [1.165, 1.54) is 24.3 Å². The van der Waals surface area contributed by atoms with E-state index in [1.807, 2.05) is 24.3 Å². The van der Waals surface area contributed by atoms with E-state index in [4.69, 9.17) is 11.6 Å². The first-order valence-electron chi connectivity index (χ1n) is 8.48. The van der Waals surface area contributed by atoms with Crippen LogP contribution in [-0.2, 0) is 11.0 Å². The van der Waals surface area contributed by atoms with Gasteiger partial charge in [0.2, 0.25) is 5.91 Å². The molecular formula is C20H18ClF3N2O. The maximum absolute atomic E-state index is 12.7. The monoisotopic (exact) mass is 394 g/mol. The van der Waals surface area contributed by atoms with Crippen LogP contribution in [0.2, 0.25) is 5.02 Å². The minimum Gasteiger partial charge on any atom is -0.368 e. The molecule has 1 saturated heterocycles. The maximum Gasteiger partial charge on any atom is 0.416 e. The highest BCUT2D eigenvalue weighted by Gasteiger charge is 2.30. The van der Waals surface area contributed by atoms with Crippen molar-refractivity contribution in [1.82, 2.24) is 4.90 Å². The Labute approximate surface area is 160 Å². The number of carbonyl (C=O) groups is 1. The van der Waals surface area contributed by atoms with Gasteiger partial charge in [-0.15, -0.1) is 0 Å². The Bertz CT molecular complexity index is 843. The van der Waals surface area contributed by atoms with E-state index in [-0.39, 0.29) is 5.91 Å². The molecule has 2 aromatic rings. The molecule has 1 fully saturated rings. The van der Waals surface area contributed by atoms with Gasteiger partial charge in [-0.2, -0.15) is 13.2 Å². The highest BCUT2D eigenvalue weighted by atomic mass is 35.5. The van der Waals surface area contributed by atoms with E-state index >= 15 is 0 Å². The van der Waals surface area contributed by atoms with Crippen LogP contribution in [-0.4, -0.2) is 37.0 Å². The van der Waals surface area contributed by atoms with Crippen LogP contribution in [0.1, 0.15) is 11.1 Å². The molecule has 0 saturated carbocycles. The van der Waals surface area contributed by atoms with Gasteiger partial charge in [-0.05, 0) is 42.0 Å². The van der Waals surface area contributed by atoms with Crippen LogP contribution in [0.4, 0.5) is 18.9 Å². The zero-order chi connectivity index (χ0) is 19.4. The molecule has 142 valence electrons. The molecule has 0 unspecified atom stereocenters. The molecule has 1 amide bonds. The van der Waals surface area contributed by atoms with Gasteiger partial charge in [0, 0.05) is 43.0 Å². The van der Waals surface area contributed by atoms with E-state index < -0.39 is 11.7 Å². The second-order valence-corrected chi connectivity index (χ2v) is 6.69. The third-order valence-electron chi connectivity index (χ3n) is 4.40. The van der Waals surface area contributed by atoms with E-state index in [9.17, 15) is 18.0 Å². The zero-order valence-corrected chi connectivity index (χ0v) is 15.2. The van der Waals surface area contributed by atoms with Crippen molar-refractivity contribution in [2.75, 3.05) is 31.1 Å². The number of anilines is 1. The lowest BCUT2D eigenvalue weighted by Gasteiger charge is -2.35. The first-order chi connectivity index (χ1) is 12.8. The Hall–Kier alpha value is -2.47. The summed E-state index contributed by atoms with van der Waals surface area (Å²) in [7, 11) is 0. The Kier molecular flexibility index (Phi) is 5.75. The van der Waals surface area contributed by atoms with E-state index in [2.05, 4.69) is 4.90 Å². The fraction of sp³-hybridized carbons (Fsp3) is 0.250. The summed E-state index contributed by atoms with van der Waals surface area (Å²) in [4.78, 5) is 16.2. The summed E-state index contributed by atoms with van der Waals surface area (Å²) in [6, 6.07) is 12.4. The van der Waals surface area contributed by atoms with Gasteiger partial charge < -0.3 is 9.80 Å². The third-order valence-corrected chi connectivity index (χ3v) is 4.63. The van der Waals surface area contributed by atoms with Gasteiger partial charge in [-0.3, -0.25) is 4.79 Å². The highest BCUT2D eigenvalue weighted by molar-refractivity contribution is 6.30. The predicted octanol–water partition coefficient (Wildman–Crippen LogP) is 4.72. The number of amides is 1. The van der Waals surface area contributed by atoms with Crippen molar-refractivity contribution < 1.29 is 18.0 Å². The lowest BCUT2D eigenvalue weighted by molar-refractivity contribution is -0.137. The molecule has 0 aliphatic carbocycles. The minimum absolute atomic E-state index is 0.210. The molecule has 7 heteroatoms. The van der Waals surface area contributed by atoms with Crippen molar-refractivity contribution in [2.45, 2.75) is 6.18 Å². The summed E-state index contributed by atoms with van der Waals surface area (Å²) in [6.45, 7) is 2.42. The number of carbonyl (C=O) groups excluding carboxylic acids is 1. The van der Waals surface area contributed by atoms with Crippen LogP contribution >= 0.6 is 11.6 Å². The summed E-state index contributed by atoms with van der Waals surface area (Å²) in [5, 5.41) is 0.662. The van der Waals surface area contributed by atoms with Gasteiger partial charge in [0.25, 0.3) is 0 Å². The van der Waals surface area contributed by atoms with Crippen molar-refractivity contribution >= 4 is 29.3 Å². The fourth-order valence-electron chi connectivity index (χ4n) is 2.95. The summed E-state index contributed by atoms with van der Waals surface area (Å²) in [5.41, 5.74) is 0.622. The standard InChI is InChI=1S/C20H18ClF3N2O/c21-17-5-2-6-18(14-17)25-9-11-26(12-10-25)19(27)8-7-15-3-1-4-16(13-15)20(22,23)24/h1-8,13-14H,9-12H2/b8-7+. The predicted molar refractivity (Wildman–Crippen MR) is 101 cm³/mol. The van der Waals surface area contributed by atoms with E-state index in [1.54, 1.807) is 4.90 Å². The first kappa shape index (κ1) is 19.3. The Morgan fingerprint density at radius 1 is 1.00 bits per heavy atom. The van der Waals surface area contributed by atoms with Gasteiger partial charge in [-0.1, -0.05) is 29.8 Å². The molecule has 3 nitrogen and oxygen atoms in total. The molecule has 0 atom stereocenters. The number of piperazine rings is 1. The fourth-order valence-corrected chi connectivity index (χ4v) is 3.13. The summed E-state index contributed by atoms with van der Waals surface area (Å²) >= 11 is 6.01. The molecule has 0 bridgehead atoms. The van der Waals surface area contributed by atoms with Crippen molar-refractivity contribution in [1.29, 1.82) is 0 Å². The van der Waals surface area contributed by atoms with Gasteiger partial charge in [-0.25, -0.2) is 0 Å². The molecule has 3 rings (SSSR count). The average Bonchev–Trinajstić information content (AvgIpc) is 2.66. The van der Waals surface area contributed by atoms with Crippen LogP contribution in [0.3, 0.4) is 0 Å². The van der Waals surface area contributed by atoms with Crippen molar-refractivity contribution in [3.05, 3.63) is 70.8 Å². The van der Waals surface area contributed by atoms with Gasteiger partial charge in [0.05, 0.1) is 5.56 Å². The van der Waals surface area contributed by atoms with Gasteiger partial charge in [0.15, 0.2) is 0 Å². The first-order valence-corrected chi connectivity index (χ1v) is 8.85. The lowest BCUT2D eigenvalue weighted by atomic mass is 10.1. The molecule has 0 N–H and O–H groups in total. The molecule has 0 radical (unpaired) electrons. The molecular weight excluding hydrogens is 377 g/mol. The van der Waals surface area contributed by atoms with Crippen LogP contribution < -0.4 is 4.90 Å². The van der Waals surface area contributed by atoms with Crippen molar-refractivity contribution in [3.8, 4) is 0 Å². The molecule has 1 heterocycles. The van der Waals surface area contributed by atoms with Gasteiger partial charge in [0.1, 0.15) is 0 Å². The Morgan fingerprint density at radius 3 is 2.37 bits per heavy atom. The van der Waals surface area contributed by atoms with Crippen molar-refractivity contribution in [2.24, 2.45) is 0 Å². The molecule has 2 aromatic carbocycles. The quantitative estimate of drug-likeness (QED) is 0.703. The number of rotatable bonds is 3. The zero-order valence-electron chi connectivity index (χ0n) is 14.4. The second-order valence-electron chi connectivity index (χ2n) is 6.25. The van der Waals surface area contributed by atoms with Gasteiger partial charge >= 0.3 is 6.18 Å². The molecule has 1 aliphatic heterocycles. The number of nitrogens with zero attached hydrogens (tertiary/aromatic N) is 2. The number of benzene rings is 2. The molecule has 0 aromatic heterocycles. The third kappa shape index (κ3) is 5.04. The number of alkyl halides is 3. The van der Waals surface area contributed by atoms with Crippen LogP contribution in [0.5, 0.6) is 0 Å². The summed E-state index contributed by atoms with van der Waals surface area (Å²) in [5.74, 6) is -0.210. The second kappa shape index (κ2) is 8.05. The van der Waals surface area contributed by atoms with Crippen LogP contribution in [0.15, 0.2) is 54.6 Å². The Morgan fingerprint density at radius 2 is 1.70 bits per heavy atom.